The summed E-state index contributed by atoms with van der Waals surface area (Å²) in [5.74, 6) is 0.103. The van der Waals surface area contributed by atoms with Crippen molar-refractivity contribution in [1.82, 2.24) is 14.7 Å². The monoisotopic (exact) mass is 281 g/mol. The van der Waals surface area contributed by atoms with E-state index in [0.717, 1.165) is 5.69 Å². The Labute approximate surface area is 119 Å². The van der Waals surface area contributed by atoms with Crippen molar-refractivity contribution < 1.29 is 14.3 Å². The van der Waals surface area contributed by atoms with Gasteiger partial charge in [-0.05, 0) is 19.9 Å². The summed E-state index contributed by atoms with van der Waals surface area (Å²) in [6.45, 7) is 5.68. The molecule has 2 heterocycles. The highest BCUT2D eigenvalue weighted by atomic mass is 16.5. The van der Waals surface area contributed by atoms with Crippen LogP contribution in [0.5, 0.6) is 0 Å². The third-order valence-corrected chi connectivity index (χ3v) is 3.44. The van der Waals surface area contributed by atoms with E-state index in [4.69, 9.17) is 9.47 Å². The summed E-state index contributed by atoms with van der Waals surface area (Å²) >= 11 is 0. The minimum Gasteiger partial charge on any atom is -0.382 e. The summed E-state index contributed by atoms with van der Waals surface area (Å²) in [6.07, 6.45) is 2.01. The molecule has 0 aliphatic carbocycles. The second-order valence-corrected chi connectivity index (χ2v) is 5.85. The first-order chi connectivity index (χ1) is 9.41. The molecule has 1 amide bonds. The average molecular weight is 281 g/mol. The summed E-state index contributed by atoms with van der Waals surface area (Å²) in [6, 6.07) is 1.87. The van der Waals surface area contributed by atoms with E-state index in [9.17, 15) is 4.79 Å². The lowest BCUT2D eigenvalue weighted by Crippen LogP contribution is -2.56. The molecule has 1 saturated heterocycles. The fraction of sp³-hybridized carbons (Fsp3) is 0.714. The highest BCUT2D eigenvalue weighted by Gasteiger charge is 2.35. The first kappa shape index (κ1) is 15.0. The number of rotatable bonds is 4. The Morgan fingerprint density at radius 1 is 1.60 bits per heavy atom. The van der Waals surface area contributed by atoms with Gasteiger partial charge in [0.1, 0.15) is 0 Å². The highest BCUT2D eigenvalue weighted by Crippen LogP contribution is 2.21. The van der Waals surface area contributed by atoms with Crippen LogP contribution >= 0.6 is 0 Å². The highest BCUT2D eigenvalue weighted by molar-refractivity contribution is 5.78. The molecule has 112 valence electrons. The fourth-order valence-electron chi connectivity index (χ4n) is 2.60. The third kappa shape index (κ3) is 3.58. The number of morpholine rings is 1. The molecule has 0 bridgehead atoms. The van der Waals surface area contributed by atoms with E-state index >= 15 is 0 Å². The normalized spacial score (nSPS) is 22.0. The van der Waals surface area contributed by atoms with Gasteiger partial charge in [0.15, 0.2) is 0 Å². The molecule has 0 aromatic carbocycles. The third-order valence-electron chi connectivity index (χ3n) is 3.44. The van der Waals surface area contributed by atoms with Crippen molar-refractivity contribution in [2.24, 2.45) is 7.05 Å². The van der Waals surface area contributed by atoms with Crippen molar-refractivity contribution in [3.05, 3.63) is 18.0 Å². The van der Waals surface area contributed by atoms with Crippen molar-refractivity contribution in [2.75, 3.05) is 26.8 Å². The van der Waals surface area contributed by atoms with Gasteiger partial charge in [0.05, 0.1) is 24.7 Å². The van der Waals surface area contributed by atoms with E-state index in [1.807, 2.05) is 31.9 Å². The van der Waals surface area contributed by atoms with Gasteiger partial charge in [0.25, 0.3) is 0 Å². The van der Waals surface area contributed by atoms with Crippen LogP contribution in [0.2, 0.25) is 0 Å². The van der Waals surface area contributed by atoms with Crippen LogP contribution in [-0.4, -0.2) is 59.1 Å². The van der Waals surface area contributed by atoms with Crippen molar-refractivity contribution in [2.45, 2.75) is 32.0 Å². The fourth-order valence-corrected chi connectivity index (χ4v) is 2.60. The van der Waals surface area contributed by atoms with Crippen LogP contribution in [0.3, 0.4) is 0 Å². The van der Waals surface area contributed by atoms with Gasteiger partial charge >= 0.3 is 0 Å². The van der Waals surface area contributed by atoms with E-state index in [0.29, 0.717) is 26.1 Å². The van der Waals surface area contributed by atoms with Crippen molar-refractivity contribution in [3.63, 3.8) is 0 Å². The number of hydrogen-bond donors (Lipinski definition) is 0. The number of nitrogens with zero attached hydrogens (tertiary/aromatic N) is 3. The minimum atomic E-state index is -0.344. The second-order valence-electron chi connectivity index (χ2n) is 5.85. The van der Waals surface area contributed by atoms with Crippen LogP contribution in [0.4, 0.5) is 0 Å². The van der Waals surface area contributed by atoms with Crippen molar-refractivity contribution in [1.29, 1.82) is 0 Å². The maximum atomic E-state index is 12.4. The van der Waals surface area contributed by atoms with Crippen LogP contribution < -0.4 is 0 Å². The summed E-state index contributed by atoms with van der Waals surface area (Å²) in [7, 11) is 3.49. The number of carbonyl (C=O) groups is 1. The van der Waals surface area contributed by atoms with E-state index in [1.165, 1.54) is 0 Å². The van der Waals surface area contributed by atoms with Crippen LogP contribution in [0.15, 0.2) is 12.3 Å². The van der Waals surface area contributed by atoms with Gasteiger partial charge in [-0.1, -0.05) is 0 Å². The molecule has 0 N–H and O–H groups in total. The molecular weight excluding hydrogens is 258 g/mol. The zero-order chi connectivity index (χ0) is 14.8. The number of amides is 1. The van der Waals surface area contributed by atoms with Crippen LogP contribution in [0.25, 0.3) is 0 Å². The van der Waals surface area contributed by atoms with Crippen LogP contribution in [0.1, 0.15) is 19.5 Å². The quantitative estimate of drug-likeness (QED) is 0.811. The number of ether oxygens (including phenoxy) is 2. The Morgan fingerprint density at radius 3 is 2.95 bits per heavy atom. The van der Waals surface area contributed by atoms with Crippen LogP contribution in [-0.2, 0) is 27.7 Å². The van der Waals surface area contributed by atoms with Gasteiger partial charge in [-0.2, -0.15) is 5.10 Å². The van der Waals surface area contributed by atoms with E-state index < -0.39 is 0 Å². The molecule has 1 aliphatic heterocycles. The average Bonchev–Trinajstić information content (AvgIpc) is 2.73. The molecule has 1 aromatic rings. The molecule has 1 aliphatic rings. The molecule has 0 unspecified atom stereocenters. The Kier molecular flexibility index (Phi) is 4.45. The van der Waals surface area contributed by atoms with Gasteiger partial charge in [-0.15, -0.1) is 0 Å². The van der Waals surface area contributed by atoms with Gasteiger partial charge < -0.3 is 14.4 Å². The standard InChI is InChI=1S/C14H23N3O3/c1-14(2)10-17(8-12(20-14)9-19-4)13(18)7-11-5-6-15-16(11)3/h5-6,12H,7-10H2,1-4H3/t12-/m1/s1. The molecule has 1 fully saturated rings. The summed E-state index contributed by atoms with van der Waals surface area (Å²) in [4.78, 5) is 14.3. The van der Waals surface area contributed by atoms with E-state index in [1.54, 1.807) is 18.0 Å². The lowest BCUT2D eigenvalue weighted by atomic mass is 10.0. The minimum absolute atomic E-state index is 0.0702. The molecule has 20 heavy (non-hydrogen) atoms. The molecule has 2 rings (SSSR count). The number of methoxy groups -OCH3 is 1. The summed E-state index contributed by atoms with van der Waals surface area (Å²) < 4.78 is 12.8. The Bertz CT molecular complexity index is 470. The maximum absolute atomic E-state index is 12.4. The van der Waals surface area contributed by atoms with E-state index in [2.05, 4.69) is 5.10 Å². The lowest BCUT2D eigenvalue weighted by Gasteiger charge is -2.42. The first-order valence-electron chi connectivity index (χ1n) is 6.83. The van der Waals surface area contributed by atoms with Gasteiger partial charge in [-0.25, -0.2) is 0 Å². The van der Waals surface area contributed by atoms with Gasteiger partial charge in [-0.3, -0.25) is 9.48 Å². The molecule has 6 nitrogen and oxygen atoms in total. The molecule has 1 aromatic heterocycles. The molecule has 0 radical (unpaired) electrons. The Morgan fingerprint density at radius 2 is 2.35 bits per heavy atom. The molecule has 1 atom stereocenters. The number of hydrogen-bond acceptors (Lipinski definition) is 4. The number of carbonyl (C=O) groups excluding carboxylic acids is 1. The summed E-state index contributed by atoms with van der Waals surface area (Å²) in [5, 5.41) is 4.09. The topological polar surface area (TPSA) is 56.6 Å². The zero-order valence-electron chi connectivity index (χ0n) is 12.6. The zero-order valence-corrected chi connectivity index (χ0v) is 12.6. The maximum Gasteiger partial charge on any atom is 0.228 e. The Hall–Kier alpha value is -1.40. The van der Waals surface area contributed by atoms with Gasteiger partial charge in [0, 0.05) is 39.1 Å². The smallest absolute Gasteiger partial charge is 0.228 e. The summed E-state index contributed by atoms with van der Waals surface area (Å²) in [5.41, 5.74) is 0.575. The Balaban J connectivity index is 2.03. The number of aryl methyl sites for hydroxylation is 1. The first-order valence-corrected chi connectivity index (χ1v) is 6.83. The van der Waals surface area contributed by atoms with Crippen molar-refractivity contribution in [3.8, 4) is 0 Å². The largest absolute Gasteiger partial charge is 0.382 e. The van der Waals surface area contributed by atoms with Crippen LogP contribution in [0, 0.1) is 0 Å². The molecular formula is C14H23N3O3. The van der Waals surface area contributed by atoms with E-state index in [-0.39, 0.29) is 17.6 Å². The predicted octanol–water partition coefficient (Wildman–Crippen LogP) is 0.615. The molecule has 0 saturated carbocycles. The number of aromatic nitrogens is 2. The predicted molar refractivity (Wildman–Crippen MR) is 74.3 cm³/mol. The van der Waals surface area contributed by atoms with Gasteiger partial charge in [0.2, 0.25) is 5.91 Å². The second kappa shape index (κ2) is 5.93. The van der Waals surface area contributed by atoms with Crippen molar-refractivity contribution >= 4 is 5.91 Å². The molecule has 6 heteroatoms. The lowest BCUT2D eigenvalue weighted by molar-refractivity contribution is -0.168. The molecule has 0 spiro atoms. The SMILES string of the molecule is COC[C@H]1CN(C(=O)Cc2ccnn2C)CC(C)(C)O1.